The molecular weight excluding hydrogens is 719 g/mol. The summed E-state index contributed by atoms with van der Waals surface area (Å²) in [5.74, 6) is 1.33. The van der Waals surface area contributed by atoms with Crippen LogP contribution < -0.4 is 5.73 Å². The minimum absolute atomic E-state index is 0.115. The number of carbonyl (C=O) groups is 2. The number of aliphatic carboxylic acids is 1. The highest BCUT2D eigenvalue weighted by Gasteiger charge is 2.72. The lowest BCUT2D eigenvalue weighted by molar-refractivity contribution is -0.253. The number of methoxy groups -OCH3 is 1. The number of piperidine rings is 1. The maximum Gasteiger partial charge on any atom is 0.409 e. The van der Waals surface area contributed by atoms with Gasteiger partial charge in [0.05, 0.1) is 45.0 Å². The normalized spacial score (nSPS) is 41.3. The Morgan fingerprint density at radius 1 is 1.02 bits per heavy atom. The Morgan fingerprint density at radius 2 is 1.70 bits per heavy atom. The number of nitrogens with two attached hydrogens (primary N) is 1. The zero-order chi connectivity index (χ0) is 41.7. The number of aromatic nitrogens is 3. The Balaban J connectivity index is 1.31. The van der Waals surface area contributed by atoms with Crippen molar-refractivity contribution in [3.8, 4) is 0 Å². The minimum atomic E-state index is -0.633. The van der Waals surface area contributed by atoms with Crippen LogP contribution in [0.3, 0.4) is 0 Å². The Hall–Kier alpha value is -2.50. The number of nitrogens with zero attached hydrogens (tertiary/aromatic N) is 4. The fourth-order valence-electron chi connectivity index (χ4n) is 13.9. The summed E-state index contributed by atoms with van der Waals surface area (Å²) in [5, 5.41) is 16.2. The second kappa shape index (κ2) is 14.3. The first-order chi connectivity index (χ1) is 26.5. The third-order valence-corrected chi connectivity index (χ3v) is 18.6. The van der Waals surface area contributed by atoms with E-state index < -0.39 is 17.4 Å². The van der Waals surface area contributed by atoms with Gasteiger partial charge in [0.15, 0.2) is 0 Å². The molecule has 0 radical (unpaired) electrons. The number of carboxylic acid groups (broad SMARTS) is 1. The van der Waals surface area contributed by atoms with Gasteiger partial charge in [-0.15, -0.1) is 0 Å². The molecule has 2 bridgehead atoms. The molecule has 2 unspecified atom stereocenters. The first-order valence-corrected chi connectivity index (χ1v) is 22.2. The number of likely N-dealkylation sites (tertiary alicyclic amines) is 1. The van der Waals surface area contributed by atoms with Crippen molar-refractivity contribution in [2.75, 3.05) is 40.0 Å². The van der Waals surface area contributed by atoms with E-state index in [0.29, 0.717) is 50.7 Å². The van der Waals surface area contributed by atoms with E-state index in [1.807, 2.05) is 0 Å². The highest BCUT2D eigenvalue weighted by atomic mass is 16.5. The van der Waals surface area contributed by atoms with Crippen LogP contribution in [0.25, 0.3) is 0 Å². The van der Waals surface area contributed by atoms with E-state index in [1.165, 1.54) is 12.7 Å². The topological polar surface area (TPSA) is 142 Å². The van der Waals surface area contributed by atoms with E-state index in [1.54, 1.807) is 11.2 Å². The van der Waals surface area contributed by atoms with E-state index >= 15 is 0 Å². The fourth-order valence-corrected chi connectivity index (χ4v) is 13.9. The average Bonchev–Trinajstić information content (AvgIpc) is 3.63. The molecule has 3 saturated carbocycles. The summed E-state index contributed by atoms with van der Waals surface area (Å²) in [6, 6.07) is -0.115. The van der Waals surface area contributed by atoms with Gasteiger partial charge in [0.1, 0.15) is 12.2 Å². The van der Waals surface area contributed by atoms with Crippen LogP contribution in [0.1, 0.15) is 145 Å². The molecule has 0 aromatic carbocycles. The van der Waals surface area contributed by atoms with Gasteiger partial charge in [-0.2, -0.15) is 5.10 Å². The lowest BCUT2D eigenvalue weighted by Crippen LogP contribution is -2.69. The quantitative estimate of drug-likeness (QED) is 0.248. The smallest absolute Gasteiger partial charge is 0.409 e. The van der Waals surface area contributed by atoms with Crippen molar-refractivity contribution in [3.05, 3.63) is 23.8 Å². The van der Waals surface area contributed by atoms with Gasteiger partial charge in [-0.1, -0.05) is 80.9 Å². The summed E-state index contributed by atoms with van der Waals surface area (Å²) < 4.78 is 21.4. The van der Waals surface area contributed by atoms with E-state index in [4.69, 9.17) is 30.0 Å². The van der Waals surface area contributed by atoms with Gasteiger partial charge >= 0.3 is 12.1 Å². The summed E-state index contributed by atoms with van der Waals surface area (Å²) in [7, 11) is 1.44. The minimum Gasteiger partial charge on any atom is -0.481 e. The number of hydrogen-bond donors (Lipinski definition) is 2. The first-order valence-electron chi connectivity index (χ1n) is 22.2. The molecule has 2 aliphatic heterocycles. The molecule has 11 nitrogen and oxygen atoms in total. The number of carboxylic acids is 1. The largest absolute Gasteiger partial charge is 0.481 e. The SMILES string of the molecule is COC(=O)N1CCC(c2ncnn2[C@@H]2C[C@@]34COCC(C)(C2OC[C@](C)(N)C(C)(C)C)[C@@H]3CC[C@H]2C4=CC[C@@]3(C)[C@H](C(=O)O)[C@@](C)([C@H](C)C(C)C)CC[C@]23C)CC1. The number of fused-ring (bicyclic) bond motifs is 3. The number of rotatable bonds is 8. The lowest BCUT2D eigenvalue weighted by atomic mass is 9.34. The molecule has 320 valence electrons. The number of amides is 1. The second-order valence-corrected chi connectivity index (χ2v) is 22.3. The third-order valence-electron chi connectivity index (χ3n) is 18.6. The van der Waals surface area contributed by atoms with Crippen molar-refractivity contribution in [1.82, 2.24) is 19.7 Å². The molecule has 3 heterocycles. The maximum absolute atomic E-state index is 13.6. The summed E-state index contributed by atoms with van der Waals surface area (Å²) in [5.41, 5.74) is 6.37. The third kappa shape index (κ3) is 6.26. The zero-order valence-corrected chi connectivity index (χ0v) is 37.3. The van der Waals surface area contributed by atoms with Crippen LogP contribution in [-0.4, -0.2) is 88.5 Å². The molecule has 11 heteroatoms. The number of carbonyl (C=O) groups excluding carboxylic acids is 1. The molecule has 7 rings (SSSR count). The monoisotopic (exact) mass is 794 g/mol. The molecule has 3 N–H and O–H groups in total. The van der Waals surface area contributed by atoms with Gasteiger partial charge in [0.25, 0.3) is 0 Å². The Kier molecular flexibility index (Phi) is 10.7. The fraction of sp³-hybridized carbons (Fsp3) is 0.870. The van der Waals surface area contributed by atoms with Crippen LogP contribution in [0, 0.1) is 62.1 Å². The van der Waals surface area contributed by atoms with Crippen molar-refractivity contribution >= 4 is 12.1 Å². The van der Waals surface area contributed by atoms with Crippen LogP contribution in [-0.2, 0) is 19.0 Å². The lowest BCUT2D eigenvalue weighted by Gasteiger charge is -2.71. The molecular formula is C46H75N5O6. The molecule has 5 fully saturated rings. The molecule has 4 aliphatic carbocycles. The maximum atomic E-state index is 13.6. The van der Waals surface area contributed by atoms with Gasteiger partial charge in [-0.3, -0.25) is 4.79 Å². The molecule has 12 atom stereocenters. The molecule has 2 saturated heterocycles. The highest BCUT2D eigenvalue weighted by Crippen LogP contribution is 2.75. The van der Waals surface area contributed by atoms with Crippen molar-refractivity contribution in [2.45, 2.75) is 151 Å². The average molecular weight is 794 g/mol. The van der Waals surface area contributed by atoms with Gasteiger partial charge in [-0.25, -0.2) is 14.5 Å². The Bertz CT molecular complexity index is 1730. The number of ether oxygens (including phenoxy) is 3. The van der Waals surface area contributed by atoms with E-state index in [2.05, 4.69) is 86.9 Å². The predicted molar refractivity (Wildman–Crippen MR) is 220 cm³/mol. The van der Waals surface area contributed by atoms with Crippen molar-refractivity contribution in [3.63, 3.8) is 0 Å². The van der Waals surface area contributed by atoms with Crippen molar-refractivity contribution in [2.24, 2.45) is 67.8 Å². The summed E-state index contributed by atoms with van der Waals surface area (Å²) in [4.78, 5) is 32.8. The molecule has 1 amide bonds. The van der Waals surface area contributed by atoms with Gasteiger partial charge in [0, 0.05) is 35.4 Å². The van der Waals surface area contributed by atoms with Crippen molar-refractivity contribution in [1.29, 1.82) is 0 Å². The van der Waals surface area contributed by atoms with E-state index in [0.717, 1.165) is 57.2 Å². The second-order valence-electron chi connectivity index (χ2n) is 22.3. The molecule has 1 aromatic rings. The van der Waals surface area contributed by atoms with Crippen LogP contribution in [0.5, 0.6) is 0 Å². The van der Waals surface area contributed by atoms with Gasteiger partial charge in [-0.05, 0) is 104 Å². The molecule has 1 aromatic heterocycles. The molecule has 0 spiro atoms. The number of allylic oxidation sites excluding steroid dienone is 1. The molecule has 57 heavy (non-hydrogen) atoms. The summed E-state index contributed by atoms with van der Waals surface area (Å²) in [6.45, 7) is 27.8. The summed E-state index contributed by atoms with van der Waals surface area (Å²) >= 11 is 0. The van der Waals surface area contributed by atoms with Crippen LogP contribution in [0.15, 0.2) is 18.0 Å². The first kappa shape index (κ1) is 42.6. The standard InChI is InChI=1S/C46H75N5O6/c1-28(2)29(3)41(7)19-20-43(9)31-13-14-34-42(8)24-56-26-46(34,32(31)15-18-44(43,10)35(41)38(52)53)23-33(36(42)57-25-45(11,47)40(4,5)6)51-37(48-27-49-51)30-16-21-50(22-17-30)39(54)55-12/h15,27-31,33-36H,13-14,16-26,47H2,1-12H3,(H,52,53)/t29-,31+,33-,34+,35-,36?,41-,42?,43-,44+,45+,46+/m1/s1. The van der Waals surface area contributed by atoms with Crippen LogP contribution in [0.2, 0.25) is 0 Å². The van der Waals surface area contributed by atoms with Crippen molar-refractivity contribution < 1.29 is 28.9 Å². The van der Waals surface area contributed by atoms with E-state index in [-0.39, 0.29) is 62.6 Å². The summed E-state index contributed by atoms with van der Waals surface area (Å²) in [6.07, 6.45) is 10.9. The van der Waals surface area contributed by atoms with Crippen LogP contribution in [0.4, 0.5) is 4.79 Å². The van der Waals surface area contributed by atoms with E-state index in [9.17, 15) is 14.7 Å². The molecule has 6 aliphatic rings. The zero-order valence-electron chi connectivity index (χ0n) is 37.3. The van der Waals surface area contributed by atoms with Crippen LogP contribution >= 0.6 is 0 Å². The van der Waals surface area contributed by atoms with Gasteiger partial charge < -0.3 is 30.0 Å². The number of hydrogen-bond acceptors (Lipinski definition) is 8. The highest BCUT2D eigenvalue weighted by molar-refractivity contribution is 5.73. The Morgan fingerprint density at radius 3 is 2.32 bits per heavy atom. The predicted octanol–water partition coefficient (Wildman–Crippen LogP) is 8.50. The van der Waals surface area contributed by atoms with Gasteiger partial charge in [0.2, 0.25) is 0 Å². The Labute approximate surface area is 342 Å².